The van der Waals surface area contributed by atoms with Crippen molar-refractivity contribution in [2.24, 2.45) is 0 Å². The Morgan fingerprint density at radius 1 is 1.06 bits per heavy atom. The zero-order valence-electron chi connectivity index (χ0n) is 18.2. The van der Waals surface area contributed by atoms with Gasteiger partial charge < -0.3 is 9.47 Å². The van der Waals surface area contributed by atoms with Gasteiger partial charge >= 0.3 is 5.97 Å². The van der Waals surface area contributed by atoms with E-state index in [2.05, 4.69) is 20.9 Å². The van der Waals surface area contributed by atoms with Crippen molar-refractivity contribution in [3.63, 3.8) is 0 Å². The van der Waals surface area contributed by atoms with Gasteiger partial charge in [0.05, 0.1) is 12.3 Å². The van der Waals surface area contributed by atoms with E-state index in [1.54, 1.807) is 31.2 Å². The predicted octanol–water partition coefficient (Wildman–Crippen LogP) is 6.51. The molecule has 0 atom stereocenters. The van der Waals surface area contributed by atoms with Crippen LogP contribution in [0.1, 0.15) is 28.7 Å². The van der Waals surface area contributed by atoms with Crippen molar-refractivity contribution < 1.29 is 18.7 Å². The molecule has 0 N–H and O–H groups in total. The van der Waals surface area contributed by atoms with Gasteiger partial charge in [-0.15, -0.1) is 0 Å². The van der Waals surface area contributed by atoms with Crippen LogP contribution in [0.5, 0.6) is 5.75 Å². The molecule has 7 heteroatoms. The molecule has 0 aliphatic rings. The number of aryl methyl sites for hydroxylation is 1. The zero-order valence-corrected chi connectivity index (χ0v) is 19.8. The Hall–Kier alpha value is -3.45. The Labute approximate surface area is 199 Å². The van der Waals surface area contributed by atoms with Crippen LogP contribution in [0.4, 0.5) is 4.39 Å². The number of benzene rings is 2. The first-order valence-electron chi connectivity index (χ1n) is 10.5. The highest BCUT2D eigenvalue weighted by molar-refractivity contribution is 9.10. The van der Waals surface area contributed by atoms with Crippen LogP contribution >= 0.6 is 15.9 Å². The maximum absolute atomic E-state index is 13.2. The molecule has 2 aromatic carbocycles. The fourth-order valence-electron chi connectivity index (χ4n) is 3.49. The molecule has 4 rings (SSSR count). The highest BCUT2D eigenvalue weighted by atomic mass is 79.9. The minimum atomic E-state index is -0.462. The Morgan fingerprint density at radius 3 is 2.61 bits per heavy atom. The molecule has 0 bridgehead atoms. The average Bonchev–Trinajstić information content (AvgIpc) is 3.20. The summed E-state index contributed by atoms with van der Waals surface area (Å²) in [6.07, 6.45) is 0. The predicted molar refractivity (Wildman–Crippen MR) is 128 cm³/mol. The maximum atomic E-state index is 13.2. The molecule has 0 spiro atoms. The van der Waals surface area contributed by atoms with Crippen molar-refractivity contribution in [2.45, 2.75) is 20.5 Å². The summed E-state index contributed by atoms with van der Waals surface area (Å²) >= 11 is 3.55. The Kier molecular flexibility index (Phi) is 6.89. The summed E-state index contributed by atoms with van der Waals surface area (Å²) in [5.41, 5.74) is 3.76. The van der Waals surface area contributed by atoms with E-state index in [4.69, 9.17) is 9.47 Å². The van der Waals surface area contributed by atoms with E-state index in [1.807, 2.05) is 47.9 Å². The summed E-state index contributed by atoms with van der Waals surface area (Å²) in [4.78, 5) is 16.7. The number of pyridine rings is 1. The summed E-state index contributed by atoms with van der Waals surface area (Å²) in [7, 11) is 0. The second-order valence-electron chi connectivity index (χ2n) is 7.35. The number of halogens is 2. The number of nitrogens with zero attached hydrogens (tertiary/aromatic N) is 2. The van der Waals surface area contributed by atoms with E-state index < -0.39 is 5.97 Å². The third-order valence-electron chi connectivity index (χ3n) is 5.05. The molecular formula is C26H22BrFN2O3. The summed E-state index contributed by atoms with van der Waals surface area (Å²) in [6, 6.07) is 21.2. The molecule has 33 heavy (non-hydrogen) atoms. The van der Waals surface area contributed by atoms with Gasteiger partial charge in [0.15, 0.2) is 5.69 Å². The lowest BCUT2D eigenvalue weighted by molar-refractivity contribution is 0.0519. The number of aromatic nitrogens is 2. The van der Waals surface area contributed by atoms with Gasteiger partial charge in [0.2, 0.25) is 0 Å². The summed E-state index contributed by atoms with van der Waals surface area (Å²) in [5, 5.41) is 0. The number of carbonyl (C=O) groups excluding carboxylic acids is 1. The van der Waals surface area contributed by atoms with Crippen LogP contribution in [0, 0.1) is 12.7 Å². The van der Waals surface area contributed by atoms with Crippen molar-refractivity contribution >= 4 is 21.9 Å². The van der Waals surface area contributed by atoms with Gasteiger partial charge in [0, 0.05) is 15.7 Å². The largest absolute Gasteiger partial charge is 0.488 e. The summed E-state index contributed by atoms with van der Waals surface area (Å²) in [5.74, 6) is 0.524. The van der Waals surface area contributed by atoms with Crippen LogP contribution < -0.4 is 4.74 Å². The molecule has 0 saturated carbocycles. The van der Waals surface area contributed by atoms with E-state index in [-0.39, 0.29) is 18.1 Å². The van der Waals surface area contributed by atoms with Crippen LogP contribution in [0.3, 0.4) is 0 Å². The Bertz CT molecular complexity index is 1290. The van der Waals surface area contributed by atoms with Crippen LogP contribution in [0.25, 0.3) is 17.1 Å². The number of carbonyl (C=O) groups is 1. The van der Waals surface area contributed by atoms with Gasteiger partial charge in [-0.2, -0.15) is 0 Å². The summed E-state index contributed by atoms with van der Waals surface area (Å²) in [6.45, 7) is 4.31. The van der Waals surface area contributed by atoms with Gasteiger partial charge in [-0.1, -0.05) is 34.1 Å². The number of ether oxygens (including phenoxy) is 2. The van der Waals surface area contributed by atoms with Crippen molar-refractivity contribution in [1.82, 2.24) is 9.55 Å². The van der Waals surface area contributed by atoms with E-state index in [0.29, 0.717) is 18.2 Å². The number of rotatable bonds is 7. The molecule has 0 unspecified atom stereocenters. The molecule has 0 radical (unpaired) electrons. The lowest BCUT2D eigenvalue weighted by atomic mass is 10.1. The molecule has 4 aromatic rings. The lowest BCUT2D eigenvalue weighted by Gasteiger charge is -2.16. The molecule has 0 amide bonds. The van der Waals surface area contributed by atoms with Gasteiger partial charge in [-0.05, 0) is 74.0 Å². The molecule has 2 heterocycles. The number of hydrogen-bond acceptors (Lipinski definition) is 4. The monoisotopic (exact) mass is 508 g/mol. The molecule has 0 saturated heterocycles. The molecule has 0 aliphatic carbocycles. The molecule has 5 nitrogen and oxygen atoms in total. The molecular weight excluding hydrogens is 487 g/mol. The van der Waals surface area contributed by atoms with Crippen LogP contribution in [-0.2, 0) is 11.3 Å². The molecule has 0 fully saturated rings. The van der Waals surface area contributed by atoms with Crippen molar-refractivity contribution in [1.29, 1.82) is 0 Å². The van der Waals surface area contributed by atoms with Crippen LogP contribution in [0.2, 0.25) is 0 Å². The molecule has 168 valence electrons. The summed E-state index contributed by atoms with van der Waals surface area (Å²) < 4.78 is 27.3. The van der Waals surface area contributed by atoms with Gasteiger partial charge in [-0.3, -0.25) is 4.57 Å². The maximum Gasteiger partial charge on any atom is 0.356 e. The number of hydrogen-bond donors (Lipinski definition) is 0. The average molecular weight is 509 g/mol. The van der Waals surface area contributed by atoms with Crippen molar-refractivity contribution in [2.75, 3.05) is 6.61 Å². The molecule has 0 aliphatic heterocycles. The fraction of sp³-hybridized carbons (Fsp3) is 0.154. The van der Waals surface area contributed by atoms with E-state index in [0.717, 1.165) is 27.0 Å². The minimum Gasteiger partial charge on any atom is -0.488 e. The van der Waals surface area contributed by atoms with Gasteiger partial charge in [-0.25, -0.2) is 14.2 Å². The van der Waals surface area contributed by atoms with Gasteiger partial charge in [0.1, 0.15) is 24.0 Å². The highest BCUT2D eigenvalue weighted by Gasteiger charge is 2.17. The van der Waals surface area contributed by atoms with E-state index in [9.17, 15) is 9.18 Å². The van der Waals surface area contributed by atoms with Crippen molar-refractivity contribution in [3.05, 3.63) is 100 Å². The lowest BCUT2D eigenvalue weighted by Crippen LogP contribution is -2.10. The first kappa shape index (κ1) is 22.7. The van der Waals surface area contributed by atoms with Crippen molar-refractivity contribution in [3.8, 4) is 22.8 Å². The van der Waals surface area contributed by atoms with E-state index in [1.165, 1.54) is 12.1 Å². The first-order chi connectivity index (χ1) is 16.0. The number of esters is 1. The van der Waals surface area contributed by atoms with Crippen LogP contribution in [0.15, 0.2) is 77.3 Å². The normalized spacial score (nSPS) is 10.8. The highest BCUT2D eigenvalue weighted by Crippen LogP contribution is 2.36. The minimum absolute atomic E-state index is 0.246. The van der Waals surface area contributed by atoms with E-state index >= 15 is 0 Å². The smallest absolute Gasteiger partial charge is 0.356 e. The third kappa shape index (κ3) is 5.14. The topological polar surface area (TPSA) is 53.4 Å². The SMILES string of the molecule is CCOC(=O)c1cccc(-n2c(C)ccc2-c2cc(Br)ccc2OCc2ccc(F)cc2)n1. The second-order valence-corrected chi connectivity index (χ2v) is 8.27. The Morgan fingerprint density at radius 2 is 1.85 bits per heavy atom. The second kappa shape index (κ2) is 10.0. The molecule has 2 aromatic heterocycles. The quantitative estimate of drug-likeness (QED) is 0.267. The zero-order chi connectivity index (χ0) is 23.4. The fourth-order valence-corrected chi connectivity index (χ4v) is 3.85. The third-order valence-corrected chi connectivity index (χ3v) is 5.54. The Balaban J connectivity index is 1.72. The van der Waals surface area contributed by atoms with Gasteiger partial charge in [0.25, 0.3) is 0 Å². The standard InChI is InChI=1S/C26H22BrFN2O3/c1-3-32-26(31)22-5-4-6-25(29-22)30-17(2)7-13-23(30)21-15-19(27)10-14-24(21)33-16-18-8-11-20(28)12-9-18/h4-15H,3,16H2,1-2H3. The first-order valence-corrected chi connectivity index (χ1v) is 11.3. The van der Waals surface area contributed by atoms with Crippen LogP contribution in [-0.4, -0.2) is 22.1 Å².